The van der Waals surface area contributed by atoms with Gasteiger partial charge in [0.2, 0.25) is 0 Å². The number of halogens is 1. The molecule has 0 aromatic heterocycles. The molecule has 0 aliphatic carbocycles. The largest absolute Gasteiger partial charge is 0.493 e. The van der Waals surface area contributed by atoms with Crippen LogP contribution in [0.4, 0.5) is 0 Å². The summed E-state index contributed by atoms with van der Waals surface area (Å²) in [7, 11) is 3.10. The second-order valence-electron chi connectivity index (χ2n) is 5.13. The van der Waals surface area contributed by atoms with E-state index in [0.29, 0.717) is 31.8 Å². The maximum Gasteiger partial charge on any atom is 0.307 e. The van der Waals surface area contributed by atoms with Gasteiger partial charge in [-0.2, -0.15) is 0 Å². The fraction of sp³-hybridized carbons (Fsp3) is 0.353. The van der Waals surface area contributed by atoms with Gasteiger partial charge in [0.25, 0.3) is 5.91 Å². The predicted molar refractivity (Wildman–Crippen MR) is 108 cm³/mol. The van der Waals surface area contributed by atoms with Gasteiger partial charge in [-0.3, -0.25) is 14.5 Å². The molecule has 0 spiro atoms. The minimum absolute atomic E-state index is 0.107. The fourth-order valence-electron chi connectivity index (χ4n) is 2.30. The van der Waals surface area contributed by atoms with Crippen LogP contribution in [0, 0.1) is 0 Å². The van der Waals surface area contributed by atoms with Crippen LogP contribution in [0.1, 0.15) is 18.9 Å². The number of rotatable bonds is 7. The van der Waals surface area contributed by atoms with Gasteiger partial charge in [0.05, 0.1) is 36.6 Å². The molecule has 0 bridgehead atoms. The molecule has 1 aliphatic rings. The number of thioether (sulfide) groups is 1. The molecule has 0 N–H and O–H groups in total. The molecule has 1 fully saturated rings. The van der Waals surface area contributed by atoms with Crippen LogP contribution in [0.25, 0.3) is 6.08 Å². The van der Waals surface area contributed by atoms with E-state index >= 15 is 0 Å². The van der Waals surface area contributed by atoms with Crippen LogP contribution in [0.3, 0.4) is 0 Å². The predicted octanol–water partition coefficient (Wildman–Crippen LogP) is 3.62. The fourth-order valence-corrected chi connectivity index (χ4v) is 4.23. The van der Waals surface area contributed by atoms with E-state index in [-0.39, 0.29) is 24.8 Å². The lowest BCUT2D eigenvalue weighted by atomic mass is 10.2. The summed E-state index contributed by atoms with van der Waals surface area (Å²) in [5.41, 5.74) is 0.764. The van der Waals surface area contributed by atoms with Crippen LogP contribution in [-0.2, 0) is 14.3 Å². The minimum Gasteiger partial charge on any atom is -0.493 e. The molecule has 0 radical (unpaired) electrons. The third-order valence-electron chi connectivity index (χ3n) is 3.47. The molecule has 1 aromatic carbocycles. The van der Waals surface area contributed by atoms with E-state index in [0.717, 1.165) is 5.56 Å². The number of carbonyl (C=O) groups excluding carboxylic acids is 2. The maximum absolute atomic E-state index is 12.6. The Morgan fingerprint density at radius 1 is 1.35 bits per heavy atom. The summed E-state index contributed by atoms with van der Waals surface area (Å²) in [5.74, 6) is 0.544. The van der Waals surface area contributed by atoms with Crippen molar-refractivity contribution in [1.29, 1.82) is 0 Å². The Bertz CT molecular complexity index is 766. The van der Waals surface area contributed by atoms with E-state index in [2.05, 4.69) is 15.9 Å². The molecule has 1 heterocycles. The number of hydrogen-bond acceptors (Lipinski definition) is 7. The van der Waals surface area contributed by atoms with Crippen LogP contribution in [0.2, 0.25) is 0 Å². The van der Waals surface area contributed by atoms with Crippen molar-refractivity contribution < 1.29 is 23.8 Å². The first kappa shape index (κ1) is 20.7. The van der Waals surface area contributed by atoms with E-state index in [9.17, 15) is 9.59 Å². The Morgan fingerprint density at radius 2 is 2.08 bits per heavy atom. The van der Waals surface area contributed by atoms with Gasteiger partial charge in [-0.15, -0.1) is 0 Å². The minimum atomic E-state index is -0.352. The van der Waals surface area contributed by atoms with Crippen molar-refractivity contribution in [3.05, 3.63) is 27.1 Å². The Hall–Kier alpha value is -1.58. The van der Waals surface area contributed by atoms with Crippen molar-refractivity contribution in [1.82, 2.24) is 4.90 Å². The molecular formula is C17H18BrNO5S2. The van der Waals surface area contributed by atoms with E-state index in [1.807, 2.05) is 6.07 Å². The van der Waals surface area contributed by atoms with Crippen LogP contribution < -0.4 is 9.47 Å². The first-order valence-electron chi connectivity index (χ1n) is 7.73. The number of amides is 1. The van der Waals surface area contributed by atoms with Gasteiger partial charge in [-0.25, -0.2) is 0 Å². The molecule has 1 aromatic rings. The molecule has 1 amide bonds. The number of nitrogens with zero attached hydrogens (tertiary/aromatic N) is 1. The first-order chi connectivity index (χ1) is 12.4. The highest BCUT2D eigenvalue weighted by atomic mass is 79.9. The van der Waals surface area contributed by atoms with Gasteiger partial charge >= 0.3 is 5.97 Å². The average molecular weight is 460 g/mol. The Kier molecular flexibility index (Phi) is 7.48. The highest BCUT2D eigenvalue weighted by Gasteiger charge is 2.32. The topological polar surface area (TPSA) is 65.1 Å². The number of ether oxygens (including phenoxy) is 3. The summed E-state index contributed by atoms with van der Waals surface area (Å²) >= 11 is 9.89. The number of benzene rings is 1. The van der Waals surface area contributed by atoms with E-state index in [1.165, 1.54) is 16.7 Å². The third kappa shape index (κ3) is 4.77. The lowest BCUT2D eigenvalue weighted by molar-refractivity contribution is -0.143. The van der Waals surface area contributed by atoms with E-state index < -0.39 is 0 Å². The van der Waals surface area contributed by atoms with Crippen LogP contribution in [-0.4, -0.2) is 48.5 Å². The van der Waals surface area contributed by atoms with Gasteiger partial charge < -0.3 is 14.2 Å². The number of hydrogen-bond donors (Lipinski definition) is 0. The number of carbonyl (C=O) groups is 2. The molecule has 140 valence electrons. The number of methoxy groups -OCH3 is 2. The number of esters is 1. The number of thiocarbonyl (C=S) groups is 1. The quantitative estimate of drug-likeness (QED) is 0.350. The monoisotopic (exact) mass is 459 g/mol. The summed E-state index contributed by atoms with van der Waals surface area (Å²) in [5, 5.41) is 0. The molecule has 1 saturated heterocycles. The molecule has 2 rings (SSSR count). The molecule has 26 heavy (non-hydrogen) atoms. The molecule has 1 aliphatic heterocycles. The molecule has 6 nitrogen and oxygen atoms in total. The standard InChI is InChI=1S/C17H18BrNO5S2/c1-4-24-14(20)5-6-19-16(21)13(26-17(19)25)9-10-7-11(18)15(23-3)12(8-10)22-2/h7-9H,4-6H2,1-3H3/b13-9-. The van der Waals surface area contributed by atoms with Crippen molar-refractivity contribution in [2.24, 2.45) is 0 Å². The van der Waals surface area contributed by atoms with E-state index in [4.69, 9.17) is 26.4 Å². The zero-order valence-electron chi connectivity index (χ0n) is 14.5. The zero-order chi connectivity index (χ0) is 19.3. The summed E-state index contributed by atoms with van der Waals surface area (Å²) in [4.78, 5) is 26.0. The van der Waals surface area contributed by atoms with Crippen LogP contribution in [0.5, 0.6) is 11.5 Å². The lowest BCUT2D eigenvalue weighted by Gasteiger charge is -2.13. The van der Waals surface area contributed by atoms with Gasteiger partial charge in [0.15, 0.2) is 11.5 Å². The average Bonchev–Trinajstić information content (AvgIpc) is 2.86. The van der Waals surface area contributed by atoms with Gasteiger partial charge in [-0.05, 0) is 46.6 Å². The Labute approximate surface area is 170 Å². The summed E-state index contributed by atoms with van der Waals surface area (Å²) in [6, 6.07) is 3.60. The summed E-state index contributed by atoms with van der Waals surface area (Å²) < 4.78 is 16.6. The van der Waals surface area contributed by atoms with Crippen LogP contribution >= 0.6 is 39.9 Å². The SMILES string of the molecule is CCOC(=O)CCN1C(=O)/C(=C/c2cc(Br)c(OC)c(OC)c2)SC1=S. The molecular weight excluding hydrogens is 442 g/mol. The lowest BCUT2D eigenvalue weighted by Crippen LogP contribution is -2.30. The second-order valence-corrected chi connectivity index (χ2v) is 7.66. The second kappa shape index (κ2) is 9.38. The third-order valence-corrected chi connectivity index (χ3v) is 5.44. The van der Waals surface area contributed by atoms with Crippen molar-refractivity contribution >= 4 is 62.2 Å². The maximum atomic E-state index is 12.6. The van der Waals surface area contributed by atoms with E-state index in [1.54, 1.807) is 33.3 Å². The Morgan fingerprint density at radius 3 is 2.69 bits per heavy atom. The van der Waals surface area contributed by atoms with Crippen molar-refractivity contribution in [2.75, 3.05) is 27.4 Å². The van der Waals surface area contributed by atoms with Gasteiger partial charge in [-0.1, -0.05) is 24.0 Å². The first-order valence-corrected chi connectivity index (χ1v) is 9.75. The normalized spacial score (nSPS) is 15.5. The van der Waals surface area contributed by atoms with Gasteiger partial charge in [0, 0.05) is 6.54 Å². The molecule has 9 heteroatoms. The Balaban J connectivity index is 2.19. The van der Waals surface area contributed by atoms with Crippen molar-refractivity contribution in [3.8, 4) is 11.5 Å². The molecule has 0 unspecified atom stereocenters. The highest BCUT2D eigenvalue weighted by molar-refractivity contribution is 9.10. The highest BCUT2D eigenvalue weighted by Crippen LogP contribution is 2.38. The van der Waals surface area contributed by atoms with Crippen molar-refractivity contribution in [2.45, 2.75) is 13.3 Å². The zero-order valence-corrected chi connectivity index (χ0v) is 17.8. The molecule has 0 atom stereocenters. The summed E-state index contributed by atoms with van der Waals surface area (Å²) in [6.07, 6.45) is 1.84. The summed E-state index contributed by atoms with van der Waals surface area (Å²) in [6.45, 7) is 2.25. The van der Waals surface area contributed by atoms with Crippen LogP contribution in [0.15, 0.2) is 21.5 Å². The van der Waals surface area contributed by atoms with Crippen molar-refractivity contribution in [3.63, 3.8) is 0 Å². The smallest absolute Gasteiger partial charge is 0.307 e. The molecule has 0 saturated carbocycles. The van der Waals surface area contributed by atoms with Gasteiger partial charge in [0.1, 0.15) is 4.32 Å².